The van der Waals surface area contributed by atoms with Gasteiger partial charge in [-0.3, -0.25) is 9.78 Å². The van der Waals surface area contributed by atoms with E-state index in [0.29, 0.717) is 36.1 Å². The number of carbonyl (C=O) groups is 1. The second-order valence-electron chi connectivity index (χ2n) is 6.59. The molecule has 1 heterocycles. The zero-order valence-electron chi connectivity index (χ0n) is 14.8. The van der Waals surface area contributed by atoms with Gasteiger partial charge in [0.25, 0.3) is 0 Å². The average molecular weight is 377 g/mol. The van der Waals surface area contributed by atoms with Crippen molar-refractivity contribution in [3.8, 4) is 17.0 Å². The van der Waals surface area contributed by atoms with Gasteiger partial charge >= 0.3 is 5.97 Å². The first kappa shape index (κ1) is 19.2. The minimum Gasteiger partial charge on any atom is -0.488 e. The van der Waals surface area contributed by atoms with Gasteiger partial charge in [0.15, 0.2) is 17.4 Å². The Labute approximate surface area is 156 Å². The highest BCUT2D eigenvalue weighted by molar-refractivity contribution is 5.66. The van der Waals surface area contributed by atoms with Crippen LogP contribution in [0.5, 0.6) is 5.75 Å². The first-order valence-corrected chi connectivity index (χ1v) is 8.90. The average Bonchev–Trinajstić information content (AvgIpc) is 3.44. The van der Waals surface area contributed by atoms with E-state index in [4.69, 9.17) is 14.6 Å². The fourth-order valence-corrected chi connectivity index (χ4v) is 2.58. The number of nitrogens with zero attached hydrogens (tertiary/aromatic N) is 1. The van der Waals surface area contributed by atoms with Crippen LogP contribution < -0.4 is 4.74 Å². The molecule has 0 aliphatic heterocycles. The second-order valence-corrected chi connectivity index (χ2v) is 6.59. The molecule has 1 fully saturated rings. The Morgan fingerprint density at radius 2 is 1.96 bits per heavy atom. The van der Waals surface area contributed by atoms with E-state index < -0.39 is 23.4 Å². The minimum absolute atomic E-state index is 0.0778. The van der Waals surface area contributed by atoms with Crippen LogP contribution in [0.2, 0.25) is 0 Å². The molecule has 1 aliphatic rings. The van der Waals surface area contributed by atoms with Gasteiger partial charge in [-0.15, -0.1) is 0 Å². The van der Waals surface area contributed by atoms with E-state index in [2.05, 4.69) is 4.98 Å². The van der Waals surface area contributed by atoms with Crippen LogP contribution in [0.25, 0.3) is 11.3 Å². The third kappa shape index (κ3) is 5.72. The number of aromatic nitrogens is 1. The lowest BCUT2D eigenvalue weighted by atomic mass is 10.1. The Hall–Kier alpha value is -2.54. The molecule has 1 aliphatic carbocycles. The molecule has 27 heavy (non-hydrogen) atoms. The van der Waals surface area contributed by atoms with Crippen LogP contribution >= 0.6 is 0 Å². The Morgan fingerprint density at radius 1 is 1.22 bits per heavy atom. The van der Waals surface area contributed by atoms with Crippen molar-refractivity contribution in [2.75, 3.05) is 13.2 Å². The smallest absolute Gasteiger partial charge is 0.303 e. The van der Waals surface area contributed by atoms with E-state index in [1.165, 1.54) is 12.8 Å². The molecule has 2 aromatic rings. The maximum absolute atomic E-state index is 14.2. The van der Waals surface area contributed by atoms with Gasteiger partial charge < -0.3 is 14.6 Å². The third-order valence-electron chi connectivity index (χ3n) is 4.18. The van der Waals surface area contributed by atoms with Gasteiger partial charge in [-0.25, -0.2) is 8.78 Å². The van der Waals surface area contributed by atoms with E-state index in [0.717, 1.165) is 12.1 Å². The second kappa shape index (κ2) is 8.90. The van der Waals surface area contributed by atoms with Gasteiger partial charge in [0.2, 0.25) is 0 Å². The summed E-state index contributed by atoms with van der Waals surface area (Å²) in [5.74, 6) is -2.54. The molecule has 0 atom stereocenters. The van der Waals surface area contributed by atoms with Gasteiger partial charge in [0.05, 0.1) is 24.6 Å². The number of carboxylic acids is 1. The Bertz CT molecular complexity index is 785. The van der Waals surface area contributed by atoms with Crippen molar-refractivity contribution in [2.45, 2.75) is 32.3 Å². The van der Waals surface area contributed by atoms with Crippen molar-refractivity contribution in [1.82, 2.24) is 4.98 Å². The SMILES string of the molecule is O=C(O)CCCOc1c(F)cc(-c2cccc(COCC3CC3)n2)cc1F. The molecule has 1 N–H and O–H groups in total. The first-order chi connectivity index (χ1) is 13.0. The highest BCUT2D eigenvalue weighted by Gasteiger charge is 2.21. The van der Waals surface area contributed by atoms with Crippen molar-refractivity contribution in [2.24, 2.45) is 5.92 Å². The van der Waals surface area contributed by atoms with E-state index in [-0.39, 0.29) is 19.4 Å². The zero-order valence-corrected chi connectivity index (χ0v) is 14.8. The number of halogens is 2. The molecule has 0 bridgehead atoms. The summed E-state index contributed by atoms with van der Waals surface area (Å²) in [7, 11) is 0. The normalized spacial score (nSPS) is 13.6. The quantitative estimate of drug-likeness (QED) is 0.629. The summed E-state index contributed by atoms with van der Waals surface area (Å²) in [6.07, 6.45) is 2.45. The van der Waals surface area contributed by atoms with E-state index >= 15 is 0 Å². The van der Waals surface area contributed by atoms with E-state index in [9.17, 15) is 13.6 Å². The van der Waals surface area contributed by atoms with Gasteiger partial charge in [-0.05, 0) is 49.4 Å². The lowest BCUT2D eigenvalue weighted by Crippen LogP contribution is -2.05. The molecule has 5 nitrogen and oxygen atoms in total. The summed E-state index contributed by atoms with van der Waals surface area (Å²) >= 11 is 0. The fourth-order valence-electron chi connectivity index (χ4n) is 2.58. The summed E-state index contributed by atoms with van der Waals surface area (Å²) < 4.78 is 39.2. The van der Waals surface area contributed by atoms with Crippen molar-refractivity contribution >= 4 is 5.97 Å². The Kier molecular flexibility index (Phi) is 6.34. The Balaban J connectivity index is 1.66. The van der Waals surface area contributed by atoms with Crippen molar-refractivity contribution in [3.05, 3.63) is 47.7 Å². The third-order valence-corrected chi connectivity index (χ3v) is 4.18. The summed E-state index contributed by atoms with van der Waals surface area (Å²) in [6, 6.07) is 7.57. The molecule has 1 aromatic carbocycles. The molecule has 3 rings (SSSR count). The number of ether oxygens (including phenoxy) is 2. The van der Waals surface area contributed by atoms with E-state index in [1.54, 1.807) is 12.1 Å². The van der Waals surface area contributed by atoms with Crippen LogP contribution in [0.4, 0.5) is 8.78 Å². The monoisotopic (exact) mass is 377 g/mol. The molecule has 7 heteroatoms. The maximum atomic E-state index is 14.2. The number of rotatable bonds is 10. The van der Waals surface area contributed by atoms with E-state index in [1.807, 2.05) is 6.07 Å². The largest absolute Gasteiger partial charge is 0.488 e. The minimum atomic E-state index is -0.984. The molecule has 144 valence electrons. The molecular weight excluding hydrogens is 356 g/mol. The Morgan fingerprint density at radius 3 is 2.63 bits per heavy atom. The van der Waals surface area contributed by atoms with Gasteiger partial charge in [0, 0.05) is 18.6 Å². The molecule has 0 saturated heterocycles. The highest BCUT2D eigenvalue weighted by atomic mass is 19.1. The van der Waals surface area contributed by atoms with Crippen molar-refractivity contribution in [3.63, 3.8) is 0 Å². The molecular formula is C20H21F2NO4. The predicted octanol–water partition coefficient (Wildman–Crippen LogP) is 4.20. The fraction of sp³-hybridized carbons (Fsp3) is 0.400. The number of benzene rings is 1. The number of aliphatic carboxylic acids is 1. The van der Waals surface area contributed by atoms with Gasteiger partial charge in [-0.1, -0.05) is 6.07 Å². The van der Waals surface area contributed by atoms with Gasteiger partial charge in [0.1, 0.15) is 0 Å². The van der Waals surface area contributed by atoms with Crippen LogP contribution in [0.1, 0.15) is 31.4 Å². The van der Waals surface area contributed by atoms with Crippen LogP contribution in [0.15, 0.2) is 30.3 Å². The summed E-state index contributed by atoms with van der Waals surface area (Å²) in [5.41, 5.74) is 1.44. The molecule has 1 saturated carbocycles. The predicted molar refractivity (Wildman–Crippen MR) is 94.3 cm³/mol. The van der Waals surface area contributed by atoms with Gasteiger partial charge in [-0.2, -0.15) is 0 Å². The van der Waals surface area contributed by atoms with Crippen LogP contribution in [-0.4, -0.2) is 29.3 Å². The lowest BCUT2D eigenvalue weighted by molar-refractivity contribution is -0.137. The number of carboxylic acid groups (broad SMARTS) is 1. The van der Waals surface area contributed by atoms with Crippen molar-refractivity contribution in [1.29, 1.82) is 0 Å². The topological polar surface area (TPSA) is 68.7 Å². The number of hydrogen-bond donors (Lipinski definition) is 1. The first-order valence-electron chi connectivity index (χ1n) is 8.90. The maximum Gasteiger partial charge on any atom is 0.303 e. The summed E-state index contributed by atoms with van der Waals surface area (Å²) in [5, 5.41) is 8.57. The molecule has 0 unspecified atom stereocenters. The molecule has 0 amide bonds. The highest BCUT2D eigenvalue weighted by Crippen LogP contribution is 2.30. The molecule has 0 spiro atoms. The van der Waals surface area contributed by atoms with Crippen LogP contribution in [0, 0.1) is 17.6 Å². The standard InChI is InChI=1S/C20H21F2NO4/c21-16-9-14(10-17(22)20(16)27-8-2-5-19(24)25)18-4-1-3-15(23-18)12-26-11-13-6-7-13/h1,3-4,9-10,13H,2,5-8,11-12H2,(H,24,25). The van der Waals surface area contributed by atoms with Crippen LogP contribution in [-0.2, 0) is 16.1 Å². The number of pyridine rings is 1. The van der Waals surface area contributed by atoms with Crippen LogP contribution in [0.3, 0.4) is 0 Å². The van der Waals surface area contributed by atoms with Crippen molar-refractivity contribution < 1.29 is 28.2 Å². The zero-order chi connectivity index (χ0) is 19.2. The summed E-state index contributed by atoms with van der Waals surface area (Å²) in [4.78, 5) is 14.9. The lowest BCUT2D eigenvalue weighted by Gasteiger charge is -2.10. The summed E-state index contributed by atoms with van der Waals surface area (Å²) in [6.45, 7) is 0.995. The number of hydrogen-bond acceptors (Lipinski definition) is 4. The molecule has 1 aromatic heterocycles. The molecule has 0 radical (unpaired) electrons.